The van der Waals surface area contributed by atoms with Crippen molar-refractivity contribution in [2.24, 2.45) is 0 Å². The summed E-state index contributed by atoms with van der Waals surface area (Å²) in [5, 5.41) is 8.77. The highest BCUT2D eigenvalue weighted by Crippen LogP contribution is 2.24. The summed E-state index contributed by atoms with van der Waals surface area (Å²) in [6.45, 7) is 9.99. The lowest BCUT2D eigenvalue weighted by Gasteiger charge is -2.44. The number of benzene rings is 2. The number of ether oxygens (including phenoxy) is 1. The molecule has 2 aliphatic rings. The zero-order valence-corrected chi connectivity index (χ0v) is 19.0. The van der Waals surface area contributed by atoms with Crippen LogP contribution in [0.15, 0.2) is 54.6 Å². The molecule has 170 valence electrons. The van der Waals surface area contributed by atoms with Gasteiger partial charge in [0.1, 0.15) is 0 Å². The molecule has 2 heterocycles. The fourth-order valence-electron chi connectivity index (χ4n) is 4.82. The maximum absolute atomic E-state index is 11.5. The van der Waals surface area contributed by atoms with Crippen molar-refractivity contribution in [3.05, 3.63) is 76.9 Å². The summed E-state index contributed by atoms with van der Waals surface area (Å²) < 4.78 is 5.42. The Morgan fingerprint density at radius 2 is 1.62 bits per heavy atom. The molecule has 2 aromatic carbocycles. The monoisotopic (exact) mass is 435 g/mol. The molecule has 2 N–H and O–H groups in total. The third kappa shape index (κ3) is 5.45. The summed E-state index contributed by atoms with van der Waals surface area (Å²) in [5.74, 6) is -0.482. The molecule has 32 heavy (non-hydrogen) atoms. The van der Waals surface area contributed by atoms with E-state index in [1.165, 1.54) is 22.3 Å². The molecule has 4 rings (SSSR count). The molecule has 0 saturated carbocycles. The number of hydrogen-bond donors (Lipinski definition) is 2. The topological polar surface area (TPSA) is 65.0 Å². The highest BCUT2D eigenvalue weighted by atomic mass is 16.5. The Morgan fingerprint density at radius 1 is 1.00 bits per heavy atom. The summed E-state index contributed by atoms with van der Waals surface area (Å²) in [5.41, 5.74) is 7.37. The number of carbonyl (C=O) groups excluding carboxylic acids is 1. The van der Waals surface area contributed by atoms with Crippen LogP contribution < -0.4 is 5.48 Å². The summed E-state index contributed by atoms with van der Waals surface area (Å²) >= 11 is 0. The second kappa shape index (κ2) is 10.4. The third-order valence-electron chi connectivity index (χ3n) is 6.55. The SMILES string of the molecule is C[C@@H]1CN(Cc2ccc(C3=CCOCC3)cc2)C[C@H](C)N1Cc1ccc(C(=O)NO)cc1. The van der Waals surface area contributed by atoms with E-state index in [-0.39, 0.29) is 0 Å². The van der Waals surface area contributed by atoms with Gasteiger partial charge in [0.05, 0.1) is 13.2 Å². The molecule has 0 bridgehead atoms. The van der Waals surface area contributed by atoms with Crippen molar-refractivity contribution >= 4 is 11.5 Å². The Morgan fingerprint density at radius 3 is 2.22 bits per heavy atom. The van der Waals surface area contributed by atoms with Gasteiger partial charge >= 0.3 is 0 Å². The first kappa shape index (κ1) is 22.7. The minimum absolute atomic E-state index is 0.436. The molecule has 0 unspecified atom stereocenters. The number of amides is 1. The summed E-state index contributed by atoms with van der Waals surface area (Å²) in [6.07, 6.45) is 3.18. The van der Waals surface area contributed by atoms with Crippen molar-refractivity contribution in [3.8, 4) is 0 Å². The van der Waals surface area contributed by atoms with Gasteiger partial charge in [-0.25, -0.2) is 5.48 Å². The lowest BCUT2D eigenvalue weighted by molar-refractivity contribution is 0.0290. The van der Waals surface area contributed by atoms with Gasteiger partial charge in [0, 0.05) is 43.8 Å². The minimum Gasteiger partial charge on any atom is -0.377 e. The molecule has 0 aromatic heterocycles. The van der Waals surface area contributed by atoms with E-state index < -0.39 is 5.91 Å². The summed E-state index contributed by atoms with van der Waals surface area (Å²) in [6, 6.07) is 17.3. The predicted octanol–water partition coefficient (Wildman–Crippen LogP) is 3.70. The van der Waals surface area contributed by atoms with Crippen LogP contribution in [0.4, 0.5) is 0 Å². The third-order valence-corrected chi connectivity index (χ3v) is 6.55. The highest BCUT2D eigenvalue weighted by Gasteiger charge is 2.29. The second-order valence-corrected chi connectivity index (χ2v) is 8.95. The van der Waals surface area contributed by atoms with Gasteiger partial charge in [-0.3, -0.25) is 19.8 Å². The van der Waals surface area contributed by atoms with Crippen LogP contribution in [0.25, 0.3) is 5.57 Å². The lowest BCUT2D eigenvalue weighted by Crippen LogP contribution is -2.55. The highest BCUT2D eigenvalue weighted by molar-refractivity contribution is 5.93. The van der Waals surface area contributed by atoms with Gasteiger partial charge < -0.3 is 4.74 Å². The fourth-order valence-corrected chi connectivity index (χ4v) is 4.82. The average Bonchev–Trinajstić information content (AvgIpc) is 2.82. The number of hydrogen-bond acceptors (Lipinski definition) is 5. The van der Waals surface area contributed by atoms with Crippen LogP contribution in [0.3, 0.4) is 0 Å². The molecule has 0 radical (unpaired) electrons. The Labute approximate surface area is 190 Å². The Balaban J connectivity index is 1.33. The molecule has 1 fully saturated rings. The van der Waals surface area contributed by atoms with Gasteiger partial charge in [0.15, 0.2) is 0 Å². The largest absolute Gasteiger partial charge is 0.377 e. The first-order chi connectivity index (χ1) is 15.5. The van der Waals surface area contributed by atoms with Crippen molar-refractivity contribution in [2.45, 2.75) is 45.4 Å². The molecular formula is C26H33N3O3. The van der Waals surface area contributed by atoms with E-state index in [1.54, 1.807) is 17.6 Å². The second-order valence-electron chi connectivity index (χ2n) is 8.95. The van der Waals surface area contributed by atoms with E-state index >= 15 is 0 Å². The molecule has 6 nitrogen and oxygen atoms in total. The molecule has 6 heteroatoms. The molecular weight excluding hydrogens is 402 g/mol. The number of nitrogens with zero attached hydrogens (tertiary/aromatic N) is 2. The van der Waals surface area contributed by atoms with Crippen molar-refractivity contribution in [1.82, 2.24) is 15.3 Å². The van der Waals surface area contributed by atoms with Crippen LogP contribution in [0, 0.1) is 0 Å². The first-order valence-electron chi connectivity index (χ1n) is 11.4. The normalized spacial score (nSPS) is 22.4. The van der Waals surface area contributed by atoms with Gasteiger partial charge in [-0.05, 0) is 54.7 Å². The van der Waals surface area contributed by atoms with Crippen molar-refractivity contribution < 1.29 is 14.7 Å². The number of hydroxylamine groups is 1. The maximum atomic E-state index is 11.5. The van der Waals surface area contributed by atoms with Crippen LogP contribution >= 0.6 is 0 Å². The molecule has 1 amide bonds. The maximum Gasteiger partial charge on any atom is 0.274 e. The first-order valence-corrected chi connectivity index (χ1v) is 11.4. The van der Waals surface area contributed by atoms with Crippen molar-refractivity contribution in [3.63, 3.8) is 0 Å². The van der Waals surface area contributed by atoms with Crippen LogP contribution in [0.2, 0.25) is 0 Å². The van der Waals surface area contributed by atoms with Gasteiger partial charge in [-0.2, -0.15) is 0 Å². The van der Waals surface area contributed by atoms with Gasteiger partial charge in [0.25, 0.3) is 5.91 Å². The standard InChI is InChI=1S/C26H33N3O3/c1-19-15-28(17-21-3-7-23(8-4-21)24-11-13-32-14-12-24)16-20(2)29(19)18-22-5-9-25(10-6-22)26(30)27-31/h3-11,19-20,31H,12-18H2,1-2H3,(H,27,30)/t19-,20+. The van der Waals surface area contributed by atoms with E-state index in [2.05, 4.69) is 54.0 Å². The molecule has 2 atom stereocenters. The Kier molecular flexibility index (Phi) is 7.37. The van der Waals surface area contributed by atoms with Gasteiger partial charge in [-0.15, -0.1) is 0 Å². The van der Waals surface area contributed by atoms with E-state index in [0.717, 1.165) is 45.8 Å². The zero-order valence-electron chi connectivity index (χ0n) is 19.0. The van der Waals surface area contributed by atoms with Crippen molar-refractivity contribution in [2.75, 3.05) is 26.3 Å². The summed E-state index contributed by atoms with van der Waals surface area (Å²) in [7, 11) is 0. The Bertz CT molecular complexity index is 928. The molecule has 0 aliphatic carbocycles. The number of rotatable bonds is 6. The molecule has 0 spiro atoms. The van der Waals surface area contributed by atoms with E-state index in [1.807, 2.05) is 12.1 Å². The average molecular weight is 436 g/mol. The molecule has 1 saturated heterocycles. The van der Waals surface area contributed by atoms with Crippen LogP contribution in [-0.4, -0.2) is 59.3 Å². The van der Waals surface area contributed by atoms with Crippen LogP contribution in [-0.2, 0) is 17.8 Å². The van der Waals surface area contributed by atoms with E-state index in [4.69, 9.17) is 9.94 Å². The minimum atomic E-state index is -0.482. The number of piperazine rings is 1. The smallest absolute Gasteiger partial charge is 0.274 e. The van der Waals surface area contributed by atoms with Crippen LogP contribution in [0.5, 0.6) is 0 Å². The number of carbonyl (C=O) groups is 1. The Hall–Kier alpha value is -2.51. The quantitative estimate of drug-likeness (QED) is 0.535. The lowest BCUT2D eigenvalue weighted by atomic mass is 9.99. The van der Waals surface area contributed by atoms with Gasteiger partial charge in [0.2, 0.25) is 0 Å². The molecule has 2 aliphatic heterocycles. The van der Waals surface area contributed by atoms with Crippen LogP contribution in [0.1, 0.15) is 47.3 Å². The van der Waals surface area contributed by atoms with Crippen molar-refractivity contribution in [1.29, 1.82) is 0 Å². The number of nitrogens with one attached hydrogen (secondary N) is 1. The fraction of sp³-hybridized carbons (Fsp3) is 0.423. The van der Waals surface area contributed by atoms with E-state index in [0.29, 0.717) is 17.6 Å². The zero-order chi connectivity index (χ0) is 22.5. The van der Waals surface area contributed by atoms with E-state index in [9.17, 15) is 4.79 Å². The molecule has 2 aromatic rings. The predicted molar refractivity (Wildman–Crippen MR) is 125 cm³/mol. The van der Waals surface area contributed by atoms with Gasteiger partial charge in [-0.1, -0.05) is 42.5 Å². The summed E-state index contributed by atoms with van der Waals surface area (Å²) in [4.78, 5) is 16.6.